The lowest BCUT2D eigenvalue weighted by molar-refractivity contribution is 0.459. The molecule has 3 nitrogen and oxygen atoms in total. The molecule has 0 saturated carbocycles. The Balaban J connectivity index is 1.58. The largest absolute Gasteiger partial charge is 0.304 e. The van der Waals surface area contributed by atoms with Gasteiger partial charge in [0.2, 0.25) is 0 Å². The van der Waals surface area contributed by atoms with Crippen LogP contribution in [0.15, 0.2) is 17.6 Å². The molecular weight excluding hydrogens is 298 g/mol. The monoisotopic (exact) mass is 317 g/mol. The van der Waals surface area contributed by atoms with Gasteiger partial charge in [-0.15, -0.1) is 22.7 Å². The second kappa shape index (κ2) is 5.23. The van der Waals surface area contributed by atoms with Crippen molar-refractivity contribution in [3.63, 3.8) is 0 Å². The summed E-state index contributed by atoms with van der Waals surface area (Å²) in [5.41, 5.74) is 3.97. The maximum Gasteiger partial charge on any atom is 0.194 e. The molecule has 3 aromatic heterocycles. The van der Waals surface area contributed by atoms with Crippen molar-refractivity contribution in [1.29, 1.82) is 0 Å². The first-order chi connectivity index (χ1) is 10.2. The summed E-state index contributed by atoms with van der Waals surface area (Å²) in [4.78, 5) is 8.67. The van der Waals surface area contributed by atoms with Crippen LogP contribution in [0, 0.1) is 13.8 Å². The molecule has 0 fully saturated rings. The van der Waals surface area contributed by atoms with E-state index in [1.165, 1.54) is 35.4 Å². The Morgan fingerprint density at radius 2 is 2.33 bits per heavy atom. The number of imidazole rings is 1. The molecule has 3 heterocycles. The average molecular weight is 317 g/mol. The van der Waals surface area contributed by atoms with Gasteiger partial charge in [-0.05, 0) is 50.1 Å². The third-order valence-corrected chi connectivity index (χ3v) is 6.20. The van der Waals surface area contributed by atoms with Gasteiger partial charge in [0.1, 0.15) is 0 Å². The van der Waals surface area contributed by atoms with Crippen LogP contribution in [0.1, 0.15) is 45.6 Å². The van der Waals surface area contributed by atoms with E-state index >= 15 is 0 Å². The highest BCUT2D eigenvalue weighted by Gasteiger charge is 2.21. The van der Waals surface area contributed by atoms with E-state index in [-0.39, 0.29) is 0 Å². The molecule has 1 N–H and O–H groups in total. The molecule has 21 heavy (non-hydrogen) atoms. The predicted octanol–water partition coefficient (Wildman–Crippen LogP) is 4.24. The number of thiazole rings is 1. The highest BCUT2D eigenvalue weighted by atomic mass is 32.1. The number of nitrogens with zero attached hydrogens (tertiary/aromatic N) is 2. The minimum atomic E-state index is 0.504. The molecule has 3 aromatic rings. The van der Waals surface area contributed by atoms with E-state index in [2.05, 4.69) is 46.2 Å². The van der Waals surface area contributed by atoms with Crippen LogP contribution in [-0.2, 0) is 13.0 Å². The molecule has 0 bridgehead atoms. The zero-order chi connectivity index (χ0) is 14.4. The van der Waals surface area contributed by atoms with E-state index in [1.54, 1.807) is 16.2 Å². The number of hydrogen-bond donors (Lipinski definition) is 1. The van der Waals surface area contributed by atoms with Gasteiger partial charge in [0, 0.05) is 28.5 Å². The Kier molecular flexibility index (Phi) is 3.36. The minimum Gasteiger partial charge on any atom is -0.304 e. The molecule has 1 unspecified atom stereocenters. The van der Waals surface area contributed by atoms with Crippen LogP contribution in [0.3, 0.4) is 0 Å². The lowest BCUT2D eigenvalue weighted by Crippen LogP contribution is -2.24. The van der Waals surface area contributed by atoms with Crippen LogP contribution in [0.25, 0.3) is 4.96 Å². The maximum atomic E-state index is 4.68. The van der Waals surface area contributed by atoms with Gasteiger partial charge in [0.05, 0.1) is 11.4 Å². The van der Waals surface area contributed by atoms with Crippen LogP contribution < -0.4 is 5.32 Å². The molecule has 5 heteroatoms. The van der Waals surface area contributed by atoms with Crippen LogP contribution in [0.2, 0.25) is 0 Å². The Hall–Kier alpha value is -1.17. The van der Waals surface area contributed by atoms with Crippen molar-refractivity contribution in [3.05, 3.63) is 44.3 Å². The van der Waals surface area contributed by atoms with Crippen molar-refractivity contribution >= 4 is 27.6 Å². The van der Waals surface area contributed by atoms with E-state index in [1.807, 2.05) is 11.3 Å². The summed E-state index contributed by atoms with van der Waals surface area (Å²) < 4.78 is 2.25. The van der Waals surface area contributed by atoms with Crippen LogP contribution in [-0.4, -0.2) is 9.38 Å². The fraction of sp³-hybridized carbons (Fsp3) is 0.438. The summed E-state index contributed by atoms with van der Waals surface area (Å²) in [5, 5.41) is 5.99. The van der Waals surface area contributed by atoms with Crippen molar-refractivity contribution in [2.45, 2.75) is 45.7 Å². The van der Waals surface area contributed by atoms with E-state index in [9.17, 15) is 0 Å². The molecule has 0 saturated heterocycles. The number of aromatic nitrogens is 2. The molecule has 1 atom stereocenters. The Morgan fingerprint density at radius 3 is 3.24 bits per heavy atom. The van der Waals surface area contributed by atoms with Gasteiger partial charge >= 0.3 is 0 Å². The summed E-state index contributed by atoms with van der Waals surface area (Å²) in [6, 6.07) is 2.80. The average Bonchev–Trinajstić information content (AvgIpc) is 3.11. The lowest BCUT2D eigenvalue weighted by Gasteiger charge is -2.23. The highest BCUT2D eigenvalue weighted by Crippen LogP contribution is 2.33. The van der Waals surface area contributed by atoms with Gasteiger partial charge in [0.25, 0.3) is 0 Å². The zero-order valence-corrected chi connectivity index (χ0v) is 14.0. The number of aryl methyl sites for hydroxylation is 3. The smallest absolute Gasteiger partial charge is 0.194 e. The number of hydrogen-bond acceptors (Lipinski definition) is 4. The van der Waals surface area contributed by atoms with Crippen molar-refractivity contribution in [2.75, 3.05) is 0 Å². The number of thiophene rings is 1. The molecule has 4 rings (SSSR count). The Bertz CT molecular complexity index is 781. The van der Waals surface area contributed by atoms with E-state index in [4.69, 9.17) is 0 Å². The minimum absolute atomic E-state index is 0.504. The first kappa shape index (κ1) is 13.5. The van der Waals surface area contributed by atoms with Gasteiger partial charge in [-0.25, -0.2) is 4.98 Å². The number of nitrogens with one attached hydrogen (secondary N) is 1. The van der Waals surface area contributed by atoms with Crippen LogP contribution in [0.4, 0.5) is 0 Å². The van der Waals surface area contributed by atoms with E-state index in [0.29, 0.717) is 6.04 Å². The Labute approximate surface area is 132 Å². The summed E-state index contributed by atoms with van der Waals surface area (Å²) in [6.07, 6.45) is 6.00. The predicted molar refractivity (Wildman–Crippen MR) is 89.4 cm³/mol. The summed E-state index contributed by atoms with van der Waals surface area (Å²) in [6.45, 7) is 5.15. The summed E-state index contributed by atoms with van der Waals surface area (Å²) in [5.74, 6) is 0. The van der Waals surface area contributed by atoms with Crippen LogP contribution in [0.5, 0.6) is 0 Å². The molecule has 0 amide bonds. The second-order valence-electron chi connectivity index (χ2n) is 5.76. The van der Waals surface area contributed by atoms with Crippen molar-refractivity contribution in [1.82, 2.24) is 14.7 Å². The number of fused-ring (bicyclic) bond motifs is 2. The second-order valence-corrected chi connectivity index (χ2v) is 7.98. The standard InChI is InChI=1S/C16H19N3S2/c1-10-9-19-14(11(2)18-16(19)21-10)8-17-13-4-3-5-15-12(13)6-7-20-15/h6-7,9,13,17H,3-5,8H2,1-2H3. The lowest BCUT2D eigenvalue weighted by atomic mass is 9.94. The first-order valence-corrected chi connectivity index (χ1v) is 9.15. The van der Waals surface area contributed by atoms with Gasteiger partial charge < -0.3 is 5.32 Å². The SMILES string of the molecule is Cc1cn2c(CNC3CCCc4sccc43)c(C)nc2s1. The molecule has 0 spiro atoms. The van der Waals surface area contributed by atoms with E-state index < -0.39 is 0 Å². The number of rotatable bonds is 3. The van der Waals surface area contributed by atoms with Gasteiger partial charge in [-0.2, -0.15) is 0 Å². The molecule has 1 aliphatic carbocycles. The van der Waals surface area contributed by atoms with Crippen LogP contribution >= 0.6 is 22.7 Å². The van der Waals surface area contributed by atoms with E-state index in [0.717, 1.165) is 17.2 Å². The highest BCUT2D eigenvalue weighted by molar-refractivity contribution is 7.17. The van der Waals surface area contributed by atoms with Crippen molar-refractivity contribution in [3.8, 4) is 0 Å². The molecule has 110 valence electrons. The summed E-state index contributed by atoms with van der Waals surface area (Å²) >= 11 is 3.67. The Morgan fingerprint density at radius 1 is 1.43 bits per heavy atom. The fourth-order valence-corrected chi connectivity index (χ4v) is 5.12. The normalized spacial score (nSPS) is 18.3. The van der Waals surface area contributed by atoms with Gasteiger partial charge in [-0.1, -0.05) is 0 Å². The molecule has 0 radical (unpaired) electrons. The third kappa shape index (κ3) is 2.33. The molecule has 1 aliphatic rings. The van der Waals surface area contributed by atoms with Gasteiger partial charge in [0.15, 0.2) is 4.96 Å². The third-order valence-electron chi connectivity index (χ3n) is 4.31. The quantitative estimate of drug-likeness (QED) is 0.783. The topological polar surface area (TPSA) is 29.3 Å². The first-order valence-electron chi connectivity index (χ1n) is 7.46. The molecule has 0 aromatic carbocycles. The maximum absolute atomic E-state index is 4.68. The van der Waals surface area contributed by atoms with Crippen molar-refractivity contribution < 1.29 is 0 Å². The molecular formula is C16H19N3S2. The zero-order valence-electron chi connectivity index (χ0n) is 12.3. The van der Waals surface area contributed by atoms with Crippen molar-refractivity contribution in [2.24, 2.45) is 0 Å². The van der Waals surface area contributed by atoms with Gasteiger partial charge in [-0.3, -0.25) is 4.40 Å². The summed E-state index contributed by atoms with van der Waals surface area (Å²) in [7, 11) is 0. The fourth-order valence-electron chi connectivity index (χ4n) is 3.24. The molecule has 0 aliphatic heterocycles.